The highest BCUT2D eigenvalue weighted by atomic mass is 16.2. The van der Waals surface area contributed by atoms with Crippen LogP contribution in [0, 0.1) is 6.92 Å². The Morgan fingerprint density at radius 2 is 1.84 bits per heavy atom. The summed E-state index contributed by atoms with van der Waals surface area (Å²) in [5.41, 5.74) is 3.26. The van der Waals surface area contributed by atoms with Crippen LogP contribution in [0.2, 0.25) is 0 Å². The SMILES string of the molecule is CCc1c(C(=O)NC2CCN(C(=O)c3ccc(C)cc3)CC2)cnn1-c1ccccn1. The molecule has 1 aliphatic rings. The molecule has 2 amide bonds. The number of rotatable bonds is 5. The molecule has 0 aliphatic carbocycles. The van der Waals surface area contributed by atoms with Crippen molar-refractivity contribution in [3.63, 3.8) is 0 Å². The fraction of sp³-hybridized carbons (Fsp3) is 0.333. The summed E-state index contributed by atoms with van der Waals surface area (Å²) in [5.74, 6) is 0.623. The highest BCUT2D eigenvalue weighted by molar-refractivity contribution is 5.96. The van der Waals surface area contributed by atoms with Crippen molar-refractivity contribution in [2.75, 3.05) is 13.1 Å². The highest BCUT2D eigenvalue weighted by Gasteiger charge is 2.26. The molecule has 7 nitrogen and oxygen atoms in total. The minimum Gasteiger partial charge on any atom is -0.349 e. The summed E-state index contributed by atoms with van der Waals surface area (Å²) >= 11 is 0. The summed E-state index contributed by atoms with van der Waals surface area (Å²) in [6.07, 6.45) is 5.46. The van der Waals surface area contributed by atoms with Gasteiger partial charge in [-0.05, 0) is 50.5 Å². The van der Waals surface area contributed by atoms with E-state index in [1.54, 1.807) is 17.1 Å². The smallest absolute Gasteiger partial charge is 0.254 e. The lowest BCUT2D eigenvalue weighted by Crippen LogP contribution is -2.46. The Labute approximate surface area is 182 Å². The second kappa shape index (κ2) is 9.12. The number of carbonyl (C=O) groups excluding carboxylic acids is 2. The van der Waals surface area contributed by atoms with Crippen LogP contribution in [0.5, 0.6) is 0 Å². The van der Waals surface area contributed by atoms with E-state index in [1.807, 2.05) is 61.2 Å². The molecule has 3 heterocycles. The first-order valence-corrected chi connectivity index (χ1v) is 10.7. The molecular formula is C24H27N5O2. The standard InChI is InChI=1S/C24H27N5O2/c1-3-21-20(16-26-29(21)22-6-4-5-13-25-22)23(30)27-19-11-14-28(15-12-19)24(31)18-9-7-17(2)8-10-18/h4-10,13,16,19H,3,11-12,14-15H2,1-2H3,(H,27,30). The molecule has 1 aliphatic heterocycles. The van der Waals surface area contributed by atoms with Gasteiger partial charge >= 0.3 is 0 Å². The molecule has 4 rings (SSSR count). The average Bonchev–Trinajstić information content (AvgIpc) is 3.24. The maximum Gasteiger partial charge on any atom is 0.254 e. The summed E-state index contributed by atoms with van der Waals surface area (Å²) in [7, 11) is 0. The van der Waals surface area contributed by atoms with E-state index in [-0.39, 0.29) is 17.9 Å². The Balaban J connectivity index is 1.38. The molecule has 1 N–H and O–H groups in total. The number of pyridine rings is 1. The average molecular weight is 418 g/mol. The molecule has 160 valence electrons. The molecule has 1 fully saturated rings. The Morgan fingerprint density at radius 3 is 2.48 bits per heavy atom. The first-order chi connectivity index (χ1) is 15.1. The van der Waals surface area contributed by atoms with Gasteiger partial charge in [0.2, 0.25) is 0 Å². The maximum absolute atomic E-state index is 12.9. The molecule has 1 aromatic carbocycles. The van der Waals surface area contributed by atoms with Crippen molar-refractivity contribution in [3.05, 3.63) is 77.2 Å². The Morgan fingerprint density at radius 1 is 1.10 bits per heavy atom. The quantitative estimate of drug-likeness (QED) is 0.692. The zero-order valence-electron chi connectivity index (χ0n) is 17.9. The van der Waals surface area contributed by atoms with Gasteiger partial charge in [-0.25, -0.2) is 9.67 Å². The second-order valence-electron chi connectivity index (χ2n) is 7.86. The fourth-order valence-corrected chi connectivity index (χ4v) is 3.95. The lowest BCUT2D eigenvalue weighted by Gasteiger charge is -2.32. The van der Waals surface area contributed by atoms with Gasteiger partial charge in [0.05, 0.1) is 17.5 Å². The summed E-state index contributed by atoms with van der Waals surface area (Å²) in [5, 5.41) is 7.52. The van der Waals surface area contributed by atoms with Gasteiger partial charge in [-0.2, -0.15) is 5.10 Å². The zero-order chi connectivity index (χ0) is 21.8. The first-order valence-electron chi connectivity index (χ1n) is 10.7. The van der Waals surface area contributed by atoms with E-state index in [2.05, 4.69) is 15.4 Å². The van der Waals surface area contributed by atoms with Crippen LogP contribution < -0.4 is 5.32 Å². The minimum atomic E-state index is -0.123. The highest BCUT2D eigenvalue weighted by Crippen LogP contribution is 2.18. The monoisotopic (exact) mass is 417 g/mol. The second-order valence-corrected chi connectivity index (χ2v) is 7.86. The van der Waals surface area contributed by atoms with Crippen molar-refractivity contribution >= 4 is 11.8 Å². The van der Waals surface area contributed by atoms with Crippen LogP contribution in [0.15, 0.2) is 54.9 Å². The molecule has 31 heavy (non-hydrogen) atoms. The number of carbonyl (C=O) groups is 2. The third kappa shape index (κ3) is 4.50. The molecule has 7 heteroatoms. The van der Waals surface area contributed by atoms with E-state index in [0.717, 1.165) is 24.1 Å². The normalized spacial score (nSPS) is 14.5. The van der Waals surface area contributed by atoms with E-state index in [0.29, 0.717) is 36.5 Å². The number of piperidine rings is 1. The molecule has 2 aromatic heterocycles. The molecule has 0 atom stereocenters. The Bertz CT molecular complexity index is 1050. The van der Waals surface area contributed by atoms with Gasteiger partial charge < -0.3 is 10.2 Å². The van der Waals surface area contributed by atoms with Crippen molar-refractivity contribution < 1.29 is 9.59 Å². The van der Waals surface area contributed by atoms with Gasteiger partial charge in [-0.15, -0.1) is 0 Å². The van der Waals surface area contributed by atoms with Crippen LogP contribution in [0.25, 0.3) is 5.82 Å². The van der Waals surface area contributed by atoms with Gasteiger partial charge in [0.1, 0.15) is 0 Å². The molecule has 0 unspecified atom stereocenters. The van der Waals surface area contributed by atoms with Gasteiger partial charge in [-0.1, -0.05) is 30.7 Å². The molecule has 0 saturated carbocycles. The van der Waals surface area contributed by atoms with Crippen LogP contribution in [0.3, 0.4) is 0 Å². The Hall–Kier alpha value is -3.48. The summed E-state index contributed by atoms with van der Waals surface area (Å²) in [4.78, 5) is 31.8. The third-order valence-corrected chi connectivity index (χ3v) is 5.73. The van der Waals surface area contributed by atoms with Crippen LogP contribution in [0.4, 0.5) is 0 Å². The first kappa shape index (κ1) is 20.8. The topological polar surface area (TPSA) is 80.1 Å². The lowest BCUT2D eigenvalue weighted by molar-refractivity contribution is 0.0698. The number of benzene rings is 1. The predicted molar refractivity (Wildman–Crippen MR) is 118 cm³/mol. The van der Waals surface area contributed by atoms with E-state index < -0.39 is 0 Å². The molecule has 3 aromatic rings. The molecule has 1 saturated heterocycles. The predicted octanol–water partition coefficient (Wildman–Crippen LogP) is 3.17. The van der Waals surface area contributed by atoms with Crippen LogP contribution >= 0.6 is 0 Å². The van der Waals surface area contributed by atoms with Crippen molar-refractivity contribution in [1.82, 2.24) is 25.0 Å². The van der Waals surface area contributed by atoms with Crippen LogP contribution in [0.1, 0.15) is 51.7 Å². The van der Waals surface area contributed by atoms with Crippen molar-refractivity contribution in [1.29, 1.82) is 0 Å². The van der Waals surface area contributed by atoms with Crippen molar-refractivity contribution in [2.24, 2.45) is 0 Å². The van der Waals surface area contributed by atoms with Crippen LogP contribution in [-0.4, -0.2) is 50.6 Å². The number of nitrogens with zero attached hydrogens (tertiary/aromatic N) is 4. The largest absolute Gasteiger partial charge is 0.349 e. The molecule has 0 spiro atoms. The number of hydrogen-bond donors (Lipinski definition) is 1. The molecule has 0 bridgehead atoms. The van der Waals surface area contributed by atoms with Gasteiger partial charge in [0, 0.05) is 30.9 Å². The number of likely N-dealkylation sites (tertiary alicyclic amines) is 1. The molecular weight excluding hydrogens is 390 g/mol. The lowest BCUT2D eigenvalue weighted by atomic mass is 10.0. The Kier molecular flexibility index (Phi) is 6.11. The van der Waals surface area contributed by atoms with Crippen molar-refractivity contribution in [2.45, 2.75) is 39.2 Å². The number of aromatic nitrogens is 3. The summed E-state index contributed by atoms with van der Waals surface area (Å²) < 4.78 is 1.72. The number of hydrogen-bond acceptors (Lipinski definition) is 4. The molecule has 0 radical (unpaired) electrons. The summed E-state index contributed by atoms with van der Waals surface area (Å²) in [6.45, 7) is 5.27. The van der Waals surface area contributed by atoms with E-state index in [4.69, 9.17) is 0 Å². The van der Waals surface area contributed by atoms with E-state index in [1.165, 1.54) is 0 Å². The van der Waals surface area contributed by atoms with E-state index in [9.17, 15) is 9.59 Å². The fourth-order valence-electron chi connectivity index (χ4n) is 3.95. The third-order valence-electron chi connectivity index (χ3n) is 5.73. The van der Waals surface area contributed by atoms with Crippen molar-refractivity contribution in [3.8, 4) is 5.82 Å². The number of aryl methyl sites for hydroxylation is 1. The number of nitrogens with one attached hydrogen (secondary N) is 1. The zero-order valence-corrected chi connectivity index (χ0v) is 17.9. The summed E-state index contributed by atoms with van der Waals surface area (Å²) in [6, 6.07) is 13.3. The van der Waals surface area contributed by atoms with E-state index >= 15 is 0 Å². The van der Waals surface area contributed by atoms with Crippen LogP contribution in [-0.2, 0) is 6.42 Å². The maximum atomic E-state index is 12.9. The van der Waals surface area contributed by atoms with Gasteiger partial charge in [-0.3, -0.25) is 9.59 Å². The van der Waals surface area contributed by atoms with Gasteiger partial charge in [0.25, 0.3) is 11.8 Å². The van der Waals surface area contributed by atoms with Gasteiger partial charge in [0.15, 0.2) is 5.82 Å². The minimum absolute atomic E-state index is 0.0393. The number of amides is 2.